The van der Waals surface area contributed by atoms with Gasteiger partial charge in [0.2, 0.25) is 0 Å². The average Bonchev–Trinajstić information content (AvgIpc) is 2.47. The number of rotatable bonds is 10. The molecule has 0 aliphatic heterocycles. The summed E-state index contributed by atoms with van der Waals surface area (Å²) in [5.41, 5.74) is 6.14. The third-order valence-corrected chi connectivity index (χ3v) is 3.74. The van der Waals surface area contributed by atoms with Gasteiger partial charge in [0.1, 0.15) is 0 Å². The normalized spacial score (nSPS) is 14.0. The topological polar surface area (TPSA) is 49.5 Å². The fraction of sp³-hybridized carbons (Fsp3) is 0.647. The molecular weight excluding hydrogens is 248 g/mol. The van der Waals surface area contributed by atoms with Crippen LogP contribution in [0.3, 0.4) is 0 Å². The van der Waals surface area contributed by atoms with Gasteiger partial charge in [-0.1, -0.05) is 31.5 Å². The van der Waals surface area contributed by atoms with Crippen molar-refractivity contribution in [2.24, 2.45) is 5.73 Å². The van der Waals surface area contributed by atoms with Gasteiger partial charge in [0, 0.05) is 25.3 Å². The van der Waals surface area contributed by atoms with Crippen molar-refractivity contribution in [3.63, 3.8) is 0 Å². The minimum absolute atomic E-state index is 0.339. The van der Waals surface area contributed by atoms with Gasteiger partial charge >= 0.3 is 0 Å². The highest BCUT2D eigenvalue weighted by atomic mass is 16.3. The van der Waals surface area contributed by atoms with Gasteiger partial charge < -0.3 is 15.7 Å². The van der Waals surface area contributed by atoms with E-state index in [-0.39, 0.29) is 0 Å². The maximum atomic E-state index is 9.91. The number of hydrogen-bond acceptors (Lipinski definition) is 3. The molecule has 0 aromatic heterocycles. The zero-order chi connectivity index (χ0) is 14.8. The lowest BCUT2D eigenvalue weighted by Gasteiger charge is -2.26. The average molecular weight is 278 g/mol. The first-order valence-corrected chi connectivity index (χ1v) is 7.81. The highest BCUT2D eigenvalue weighted by Gasteiger charge is 2.17. The third-order valence-electron chi connectivity index (χ3n) is 3.74. The number of nitrogens with zero attached hydrogens (tertiary/aromatic N) is 1. The quantitative estimate of drug-likeness (QED) is 0.646. The molecule has 0 spiro atoms. The molecule has 1 rings (SSSR count). The summed E-state index contributed by atoms with van der Waals surface area (Å²) in [6.07, 6.45) is 5.31. The number of anilines is 1. The van der Waals surface area contributed by atoms with Gasteiger partial charge in [-0.15, -0.1) is 0 Å². The minimum atomic E-state index is -0.707. The zero-order valence-corrected chi connectivity index (χ0v) is 13.0. The first kappa shape index (κ1) is 17.0. The summed E-state index contributed by atoms with van der Waals surface area (Å²) in [5, 5.41) is 9.91. The van der Waals surface area contributed by atoms with Gasteiger partial charge in [0.05, 0.1) is 5.60 Å². The Kier molecular flexibility index (Phi) is 7.63. The van der Waals surface area contributed by atoms with Crippen LogP contribution in [0.5, 0.6) is 0 Å². The first-order chi connectivity index (χ1) is 9.59. The molecule has 3 heteroatoms. The molecule has 0 heterocycles. The number of unbranched alkanes of at least 4 members (excludes halogenated alkanes) is 2. The third kappa shape index (κ3) is 6.40. The van der Waals surface area contributed by atoms with Crippen LogP contribution in [0.1, 0.15) is 46.0 Å². The lowest BCUT2D eigenvalue weighted by molar-refractivity contribution is 0.0574. The summed E-state index contributed by atoms with van der Waals surface area (Å²) >= 11 is 0. The molecule has 0 aliphatic rings. The molecule has 0 radical (unpaired) electrons. The Labute approximate surface area is 123 Å². The summed E-state index contributed by atoms with van der Waals surface area (Å²) in [6, 6.07) is 10.6. The minimum Gasteiger partial charge on any atom is -0.389 e. The van der Waals surface area contributed by atoms with Crippen LogP contribution in [-0.2, 0) is 0 Å². The summed E-state index contributed by atoms with van der Waals surface area (Å²) in [7, 11) is 0. The van der Waals surface area contributed by atoms with E-state index in [1.54, 1.807) is 0 Å². The van der Waals surface area contributed by atoms with E-state index in [0.717, 1.165) is 32.4 Å². The molecule has 0 bridgehead atoms. The maximum absolute atomic E-state index is 9.91. The monoisotopic (exact) mass is 278 g/mol. The van der Waals surface area contributed by atoms with Crippen molar-refractivity contribution in [2.75, 3.05) is 24.5 Å². The van der Waals surface area contributed by atoms with E-state index in [2.05, 4.69) is 42.2 Å². The highest BCUT2D eigenvalue weighted by molar-refractivity contribution is 5.45. The van der Waals surface area contributed by atoms with Crippen molar-refractivity contribution >= 4 is 5.69 Å². The molecule has 1 atom stereocenters. The maximum Gasteiger partial charge on any atom is 0.0741 e. The standard InChI is InChI=1S/C17H30N2O/c1-3-4-13-19(16-10-6-5-7-11-16)14-9-8-12-17(2,20)15-18/h5-7,10-11,20H,3-4,8-9,12-15,18H2,1-2H3. The summed E-state index contributed by atoms with van der Waals surface area (Å²) in [4.78, 5) is 2.45. The van der Waals surface area contributed by atoms with E-state index in [1.165, 1.54) is 18.5 Å². The molecule has 3 N–H and O–H groups in total. The number of aliphatic hydroxyl groups is 1. The van der Waals surface area contributed by atoms with Crippen molar-refractivity contribution in [2.45, 2.75) is 51.6 Å². The van der Waals surface area contributed by atoms with Gasteiger partial charge in [-0.05, 0) is 44.7 Å². The van der Waals surface area contributed by atoms with Crippen LogP contribution in [0.15, 0.2) is 30.3 Å². The van der Waals surface area contributed by atoms with Crippen molar-refractivity contribution in [1.82, 2.24) is 0 Å². The van der Waals surface area contributed by atoms with Crippen LogP contribution < -0.4 is 10.6 Å². The largest absolute Gasteiger partial charge is 0.389 e. The van der Waals surface area contributed by atoms with E-state index in [1.807, 2.05) is 6.92 Å². The van der Waals surface area contributed by atoms with Gasteiger partial charge in [0.15, 0.2) is 0 Å². The first-order valence-electron chi connectivity index (χ1n) is 7.81. The second-order valence-electron chi connectivity index (χ2n) is 5.83. The zero-order valence-electron chi connectivity index (χ0n) is 13.0. The van der Waals surface area contributed by atoms with Crippen molar-refractivity contribution in [3.8, 4) is 0 Å². The van der Waals surface area contributed by atoms with E-state index in [9.17, 15) is 5.11 Å². The van der Waals surface area contributed by atoms with Crippen molar-refractivity contribution in [1.29, 1.82) is 0 Å². The van der Waals surface area contributed by atoms with E-state index < -0.39 is 5.60 Å². The van der Waals surface area contributed by atoms with Gasteiger partial charge in [0.25, 0.3) is 0 Å². The second-order valence-corrected chi connectivity index (χ2v) is 5.83. The van der Waals surface area contributed by atoms with Crippen LogP contribution in [0.4, 0.5) is 5.69 Å². The second kappa shape index (κ2) is 8.98. The molecule has 0 saturated carbocycles. The predicted octanol–water partition coefficient (Wildman–Crippen LogP) is 3.17. The lowest BCUT2D eigenvalue weighted by Crippen LogP contribution is -2.34. The molecule has 0 fully saturated rings. The van der Waals surface area contributed by atoms with Crippen molar-refractivity contribution in [3.05, 3.63) is 30.3 Å². The number of hydrogen-bond donors (Lipinski definition) is 2. The molecule has 0 amide bonds. The van der Waals surface area contributed by atoms with Gasteiger partial charge in [-0.25, -0.2) is 0 Å². The Balaban J connectivity index is 2.42. The van der Waals surface area contributed by atoms with E-state index >= 15 is 0 Å². The Morgan fingerprint density at radius 2 is 1.75 bits per heavy atom. The predicted molar refractivity (Wildman–Crippen MR) is 87.1 cm³/mol. The number of para-hydroxylation sites is 1. The fourth-order valence-corrected chi connectivity index (χ4v) is 2.27. The molecule has 1 unspecified atom stereocenters. The Bertz CT molecular complexity index is 351. The van der Waals surface area contributed by atoms with Crippen LogP contribution in [0, 0.1) is 0 Å². The summed E-state index contributed by atoms with van der Waals surface area (Å²) in [6.45, 7) is 6.53. The van der Waals surface area contributed by atoms with Gasteiger partial charge in [-0.3, -0.25) is 0 Å². The molecule has 0 aliphatic carbocycles. The molecule has 3 nitrogen and oxygen atoms in total. The van der Waals surface area contributed by atoms with Crippen LogP contribution >= 0.6 is 0 Å². The lowest BCUT2D eigenvalue weighted by atomic mass is 9.99. The number of nitrogens with two attached hydrogens (primary N) is 1. The van der Waals surface area contributed by atoms with Crippen LogP contribution in [0.25, 0.3) is 0 Å². The van der Waals surface area contributed by atoms with Crippen LogP contribution in [-0.4, -0.2) is 30.3 Å². The molecule has 0 saturated heterocycles. The van der Waals surface area contributed by atoms with Crippen molar-refractivity contribution < 1.29 is 5.11 Å². The number of benzene rings is 1. The Morgan fingerprint density at radius 1 is 1.10 bits per heavy atom. The SMILES string of the molecule is CCCCN(CCCCC(C)(O)CN)c1ccccc1. The van der Waals surface area contributed by atoms with E-state index in [0.29, 0.717) is 6.54 Å². The highest BCUT2D eigenvalue weighted by Crippen LogP contribution is 2.17. The Hall–Kier alpha value is -1.06. The molecular formula is C17H30N2O. The summed E-state index contributed by atoms with van der Waals surface area (Å²) in [5.74, 6) is 0. The van der Waals surface area contributed by atoms with Crippen LogP contribution in [0.2, 0.25) is 0 Å². The summed E-state index contributed by atoms with van der Waals surface area (Å²) < 4.78 is 0. The smallest absolute Gasteiger partial charge is 0.0741 e. The Morgan fingerprint density at radius 3 is 2.35 bits per heavy atom. The fourth-order valence-electron chi connectivity index (χ4n) is 2.27. The molecule has 114 valence electrons. The molecule has 1 aromatic carbocycles. The molecule has 1 aromatic rings. The van der Waals surface area contributed by atoms with Gasteiger partial charge in [-0.2, -0.15) is 0 Å². The molecule has 20 heavy (non-hydrogen) atoms. The van der Waals surface area contributed by atoms with E-state index in [4.69, 9.17) is 5.73 Å².